The summed E-state index contributed by atoms with van der Waals surface area (Å²) in [6, 6.07) is 10.5. The number of aryl methyl sites for hydroxylation is 2. The van der Waals surface area contributed by atoms with Crippen LogP contribution < -0.4 is 9.64 Å². The number of hydrogen-bond donors (Lipinski definition) is 0. The topological polar surface area (TPSA) is 58.6 Å². The molecule has 0 aliphatic carbocycles. The molecule has 1 saturated heterocycles. The van der Waals surface area contributed by atoms with Gasteiger partial charge >= 0.3 is 0 Å². The van der Waals surface area contributed by atoms with Crippen molar-refractivity contribution in [3.05, 3.63) is 59.2 Å². The number of rotatable bonds is 3. The normalized spacial score (nSPS) is 14.3. The number of nitrogens with zero attached hydrogens (tertiary/aromatic N) is 4. The maximum Gasteiger partial charge on any atom is 0.256 e. The third kappa shape index (κ3) is 3.72. The predicted molar refractivity (Wildman–Crippen MR) is 110 cm³/mol. The van der Waals surface area contributed by atoms with E-state index in [1.54, 1.807) is 12.0 Å². The Hall–Kier alpha value is -3.22. The van der Waals surface area contributed by atoms with Gasteiger partial charge in [0, 0.05) is 37.9 Å². The first-order valence-corrected chi connectivity index (χ1v) is 9.59. The molecule has 0 unspecified atom stereocenters. The molecule has 0 bridgehead atoms. The third-order valence-corrected chi connectivity index (χ3v) is 5.38. The van der Waals surface area contributed by atoms with Crippen molar-refractivity contribution in [3.63, 3.8) is 0 Å². The number of fused-ring (bicyclic) bond motifs is 1. The standard InChI is InChI=1S/C22H23FN4O2/c1-14-15(2)25-21-19(12-16(23)13-20(21)24-14)22(28)27-10-8-26(9-11-27)17-4-6-18(29-3)7-5-17/h4-7,12-13H,8-11H2,1-3H3. The van der Waals surface area contributed by atoms with E-state index in [0.29, 0.717) is 37.2 Å². The number of aromatic nitrogens is 2. The number of anilines is 1. The molecule has 7 heteroatoms. The van der Waals surface area contributed by atoms with Crippen LogP contribution in [0.1, 0.15) is 21.7 Å². The first-order valence-electron chi connectivity index (χ1n) is 9.59. The van der Waals surface area contributed by atoms with Crippen molar-refractivity contribution in [2.75, 3.05) is 38.2 Å². The van der Waals surface area contributed by atoms with Crippen LogP contribution in [0.3, 0.4) is 0 Å². The molecule has 1 aliphatic rings. The molecule has 2 aromatic carbocycles. The zero-order valence-corrected chi connectivity index (χ0v) is 16.8. The molecule has 0 atom stereocenters. The average Bonchev–Trinajstić information content (AvgIpc) is 2.74. The number of benzene rings is 2. The monoisotopic (exact) mass is 394 g/mol. The lowest BCUT2D eigenvalue weighted by molar-refractivity contribution is 0.0748. The number of halogens is 1. The van der Waals surface area contributed by atoms with E-state index in [0.717, 1.165) is 22.8 Å². The van der Waals surface area contributed by atoms with Crippen molar-refractivity contribution in [2.24, 2.45) is 0 Å². The van der Waals surface area contributed by atoms with Crippen LogP contribution in [0.25, 0.3) is 11.0 Å². The van der Waals surface area contributed by atoms with Gasteiger partial charge in [-0.15, -0.1) is 0 Å². The Morgan fingerprint density at radius 2 is 1.66 bits per heavy atom. The third-order valence-electron chi connectivity index (χ3n) is 5.38. The summed E-state index contributed by atoms with van der Waals surface area (Å²) in [6.07, 6.45) is 0. The van der Waals surface area contributed by atoms with E-state index < -0.39 is 5.82 Å². The Balaban J connectivity index is 1.54. The molecule has 0 saturated carbocycles. The van der Waals surface area contributed by atoms with Gasteiger partial charge in [0.1, 0.15) is 17.1 Å². The van der Waals surface area contributed by atoms with Gasteiger partial charge in [-0.1, -0.05) is 0 Å². The smallest absolute Gasteiger partial charge is 0.256 e. The van der Waals surface area contributed by atoms with Gasteiger partial charge in [0.15, 0.2) is 0 Å². The average molecular weight is 394 g/mol. The van der Waals surface area contributed by atoms with Crippen molar-refractivity contribution in [1.82, 2.24) is 14.9 Å². The summed E-state index contributed by atoms with van der Waals surface area (Å²) in [5, 5.41) is 0. The van der Waals surface area contributed by atoms with Crippen LogP contribution in [0, 0.1) is 19.7 Å². The Morgan fingerprint density at radius 3 is 2.31 bits per heavy atom. The molecule has 1 aliphatic heterocycles. The van der Waals surface area contributed by atoms with Crippen LogP contribution in [0.5, 0.6) is 5.75 Å². The first kappa shape index (κ1) is 19.1. The maximum atomic E-state index is 14.1. The van der Waals surface area contributed by atoms with Gasteiger partial charge in [-0.2, -0.15) is 0 Å². The fourth-order valence-electron chi connectivity index (χ4n) is 3.59. The largest absolute Gasteiger partial charge is 0.497 e. The highest BCUT2D eigenvalue weighted by Gasteiger charge is 2.25. The van der Waals surface area contributed by atoms with Gasteiger partial charge in [-0.3, -0.25) is 4.79 Å². The Kier molecular flexibility index (Phi) is 5.05. The summed E-state index contributed by atoms with van der Waals surface area (Å²) in [4.78, 5) is 26.0. The summed E-state index contributed by atoms with van der Waals surface area (Å²) < 4.78 is 19.3. The predicted octanol–water partition coefficient (Wildman–Crippen LogP) is 3.36. The molecule has 1 aromatic heterocycles. The van der Waals surface area contributed by atoms with E-state index in [4.69, 9.17) is 4.74 Å². The second-order valence-electron chi connectivity index (χ2n) is 7.19. The fourth-order valence-corrected chi connectivity index (χ4v) is 3.59. The molecule has 1 fully saturated rings. The van der Waals surface area contributed by atoms with E-state index in [9.17, 15) is 9.18 Å². The summed E-state index contributed by atoms with van der Waals surface area (Å²) in [5.41, 5.74) is 3.70. The molecule has 4 rings (SSSR count). The summed E-state index contributed by atoms with van der Waals surface area (Å²) in [7, 11) is 1.64. The second-order valence-corrected chi connectivity index (χ2v) is 7.19. The lowest BCUT2D eigenvalue weighted by Crippen LogP contribution is -2.48. The minimum absolute atomic E-state index is 0.207. The first-order chi connectivity index (χ1) is 14.0. The SMILES string of the molecule is COc1ccc(N2CCN(C(=O)c3cc(F)cc4nc(C)c(C)nc34)CC2)cc1. The number of carbonyl (C=O) groups excluding carboxylic acids is 1. The van der Waals surface area contributed by atoms with E-state index in [2.05, 4.69) is 14.9 Å². The summed E-state index contributed by atoms with van der Waals surface area (Å²) in [5.74, 6) is 0.129. The van der Waals surface area contributed by atoms with Gasteiger partial charge in [0.25, 0.3) is 5.91 Å². The molecule has 0 N–H and O–H groups in total. The molecule has 3 aromatic rings. The molecular formula is C22H23FN4O2. The van der Waals surface area contributed by atoms with E-state index in [-0.39, 0.29) is 11.5 Å². The number of carbonyl (C=O) groups is 1. The number of methoxy groups -OCH3 is 1. The number of ether oxygens (including phenoxy) is 1. The molecular weight excluding hydrogens is 371 g/mol. The highest BCUT2D eigenvalue weighted by atomic mass is 19.1. The van der Waals surface area contributed by atoms with Crippen molar-refractivity contribution >= 4 is 22.6 Å². The summed E-state index contributed by atoms with van der Waals surface area (Å²) >= 11 is 0. The van der Waals surface area contributed by atoms with Crippen LogP contribution >= 0.6 is 0 Å². The number of amides is 1. The van der Waals surface area contributed by atoms with Gasteiger partial charge < -0.3 is 14.5 Å². The van der Waals surface area contributed by atoms with Gasteiger partial charge in [0.05, 0.1) is 29.6 Å². The fraction of sp³-hybridized carbons (Fsp3) is 0.318. The minimum Gasteiger partial charge on any atom is -0.497 e. The molecule has 6 nitrogen and oxygen atoms in total. The Morgan fingerprint density at radius 1 is 1.00 bits per heavy atom. The van der Waals surface area contributed by atoms with Gasteiger partial charge in [-0.25, -0.2) is 14.4 Å². The summed E-state index contributed by atoms with van der Waals surface area (Å²) in [6.45, 7) is 6.19. The van der Waals surface area contributed by atoms with Crippen molar-refractivity contribution in [2.45, 2.75) is 13.8 Å². The van der Waals surface area contributed by atoms with Crippen LogP contribution in [-0.2, 0) is 0 Å². The van der Waals surface area contributed by atoms with Gasteiger partial charge in [0.2, 0.25) is 0 Å². The zero-order chi connectivity index (χ0) is 20.5. The van der Waals surface area contributed by atoms with Crippen molar-refractivity contribution < 1.29 is 13.9 Å². The molecule has 0 radical (unpaired) electrons. The maximum absolute atomic E-state index is 14.1. The van der Waals surface area contributed by atoms with Crippen LogP contribution in [0.4, 0.5) is 10.1 Å². The highest BCUT2D eigenvalue weighted by Crippen LogP contribution is 2.23. The zero-order valence-electron chi connectivity index (χ0n) is 16.8. The quantitative estimate of drug-likeness (QED) is 0.682. The molecule has 150 valence electrons. The minimum atomic E-state index is -0.477. The van der Waals surface area contributed by atoms with Crippen LogP contribution in [-0.4, -0.2) is 54.1 Å². The van der Waals surface area contributed by atoms with Crippen LogP contribution in [0.15, 0.2) is 36.4 Å². The molecule has 2 heterocycles. The molecule has 0 spiro atoms. The highest BCUT2D eigenvalue weighted by molar-refractivity contribution is 6.04. The molecule has 1 amide bonds. The number of piperazine rings is 1. The Bertz CT molecular complexity index is 1060. The van der Waals surface area contributed by atoms with E-state index >= 15 is 0 Å². The van der Waals surface area contributed by atoms with Gasteiger partial charge in [-0.05, 0) is 44.2 Å². The lowest BCUT2D eigenvalue weighted by Gasteiger charge is -2.36. The molecule has 29 heavy (non-hydrogen) atoms. The van der Waals surface area contributed by atoms with Crippen molar-refractivity contribution in [1.29, 1.82) is 0 Å². The Labute approximate surface area is 168 Å². The second kappa shape index (κ2) is 7.66. The van der Waals surface area contributed by atoms with E-state index in [1.165, 1.54) is 12.1 Å². The van der Waals surface area contributed by atoms with E-state index in [1.807, 2.05) is 38.1 Å². The van der Waals surface area contributed by atoms with Crippen LogP contribution in [0.2, 0.25) is 0 Å². The lowest BCUT2D eigenvalue weighted by atomic mass is 10.1. The van der Waals surface area contributed by atoms with Crippen molar-refractivity contribution in [3.8, 4) is 5.75 Å². The number of hydrogen-bond acceptors (Lipinski definition) is 5.